The molecular weight excluding hydrogens is 868 g/mol. The Bertz CT molecular complexity index is 811. The summed E-state index contributed by atoms with van der Waals surface area (Å²) in [5, 5.41) is 0.785. The summed E-state index contributed by atoms with van der Waals surface area (Å²) in [6, 6.07) is 13.4. The molecule has 0 aliphatic rings. The van der Waals surface area contributed by atoms with Crippen molar-refractivity contribution >= 4 is 126 Å². The van der Waals surface area contributed by atoms with E-state index in [0.29, 0.717) is 10.5 Å². The third kappa shape index (κ3) is 9.34. The number of rotatable bonds is 10. The average Bonchev–Trinajstić information content (AvgIpc) is 2.69. The minimum absolute atomic E-state index is 0.392. The monoisotopic (exact) mass is 890 g/mol. The topological polar surface area (TPSA) is 0 Å². The van der Waals surface area contributed by atoms with E-state index in [1.54, 1.807) is 11.8 Å². The first-order chi connectivity index (χ1) is 13.7. The summed E-state index contributed by atoms with van der Waals surface area (Å²) in [5.74, 6) is 2.02. The van der Waals surface area contributed by atoms with Gasteiger partial charge in [0, 0.05) is 36.3 Å². The Morgan fingerprint density at radius 2 is 1.10 bits per heavy atom. The second-order valence-corrected chi connectivity index (χ2v) is 15.0. The second kappa shape index (κ2) is 13.6. The summed E-state index contributed by atoms with van der Waals surface area (Å²) < 4.78 is 5.27. The molecule has 0 aliphatic carbocycles. The zero-order valence-electron chi connectivity index (χ0n) is 16.2. The van der Waals surface area contributed by atoms with Crippen molar-refractivity contribution in [1.29, 1.82) is 0 Å². The SMILES string of the molecule is C=C(SC(=C)C(C)SCc1ccc(I)c(I)c1)C(C)SCc1ccc(I)c(I)c1. The predicted molar refractivity (Wildman–Crippen MR) is 171 cm³/mol. The van der Waals surface area contributed by atoms with E-state index in [0.717, 1.165) is 11.5 Å². The van der Waals surface area contributed by atoms with Crippen LogP contribution in [0.5, 0.6) is 0 Å². The van der Waals surface area contributed by atoms with Gasteiger partial charge in [-0.05, 0) is 149 Å². The van der Waals surface area contributed by atoms with Crippen LogP contribution >= 0.6 is 126 Å². The van der Waals surface area contributed by atoms with E-state index in [9.17, 15) is 0 Å². The first-order valence-electron chi connectivity index (χ1n) is 8.84. The first kappa shape index (κ1) is 27.1. The smallest absolute Gasteiger partial charge is 0.0329 e. The van der Waals surface area contributed by atoms with Crippen molar-refractivity contribution in [2.45, 2.75) is 35.9 Å². The molecule has 29 heavy (non-hydrogen) atoms. The van der Waals surface area contributed by atoms with Gasteiger partial charge in [0.05, 0.1) is 0 Å². The highest BCUT2D eigenvalue weighted by Gasteiger charge is 2.15. The molecule has 2 aromatic carbocycles. The maximum absolute atomic E-state index is 4.33. The van der Waals surface area contributed by atoms with Crippen LogP contribution in [0.2, 0.25) is 0 Å². The Hall–Kier alpha value is 1.89. The van der Waals surface area contributed by atoms with Crippen LogP contribution in [0.1, 0.15) is 25.0 Å². The lowest BCUT2D eigenvalue weighted by atomic mass is 10.2. The normalized spacial score (nSPS) is 13.2. The lowest BCUT2D eigenvalue weighted by molar-refractivity contribution is 1.20. The van der Waals surface area contributed by atoms with Crippen molar-refractivity contribution < 1.29 is 0 Å². The molecule has 0 saturated carbocycles. The number of benzene rings is 2. The fraction of sp³-hybridized carbons (Fsp3) is 0.273. The molecule has 0 spiro atoms. The van der Waals surface area contributed by atoms with E-state index in [1.807, 2.05) is 23.5 Å². The first-order valence-corrected chi connectivity index (χ1v) is 16.1. The highest BCUT2D eigenvalue weighted by molar-refractivity contribution is 14.1. The Morgan fingerprint density at radius 1 is 0.724 bits per heavy atom. The number of halogens is 4. The molecule has 2 unspecified atom stereocenters. The van der Waals surface area contributed by atoms with Crippen molar-refractivity contribution in [1.82, 2.24) is 0 Å². The Labute approximate surface area is 242 Å². The summed E-state index contributed by atoms with van der Waals surface area (Å²) in [7, 11) is 0. The minimum atomic E-state index is 0.392. The van der Waals surface area contributed by atoms with Gasteiger partial charge in [0.15, 0.2) is 0 Å². The zero-order valence-corrected chi connectivity index (χ0v) is 27.3. The van der Waals surface area contributed by atoms with Gasteiger partial charge in [-0.3, -0.25) is 0 Å². The van der Waals surface area contributed by atoms with Crippen molar-refractivity contribution in [3.63, 3.8) is 0 Å². The van der Waals surface area contributed by atoms with E-state index < -0.39 is 0 Å². The van der Waals surface area contributed by atoms with E-state index in [1.165, 1.54) is 35.2 Å². The van der Waals surface area contributed by atoms with Gasteiger partial charge in [0.2, 0.25) is 0 Å². The molecular formula is C22H22I4S3. The van der Waals surface area contributed by atoms with Crippen LogP contribution in [0.4, 0.5) is 0 Å². The van der Waals surface area contributed by atoms with Crippen molar-refractivity contribution in [2.75, 3.05) is 0 Å². The lowest BCUT2D eigenvalue weighted by Gasteiger charge is -2.19. The van der Waals surface area contributed by atoms with Crippen molar-refractivity contribution in [2.24, 2.45) is 0 Å². The minimum Gasteiger partial charge on any atom is -0.149 e. The molecule has 0 heterocycles. The van der Waals surface area contributed by atoms with E-state index in [4.69, 9.17) is 0 Å². The standard InChI is InChI=1S/C22H22I4S3/c1-13(27-11-17-5-7-19(23)21(25)9-17)15(3)29-16(4)14(2)28-12-18-6-8-20(24)22(26)10-18/h5-10,13-14H,3-4,11-12H2,1-2H3. The molecule has 2 atom stereocenters. The van der Waals surface area contributed by atoms with Gasteiger partial charge in [-0.15, -0.1) is 23.5 Å². The predicted octanol–water partition coefficient (Wildman–Crippen LogP) is 9.81. The fourth-order valence-electron chi connectivity index (χ4n) is 2.22. The van der Waals surface area contributed by atoms with Crippen LogP contribution in [-0.2, 0) is 11.5 Å². The molecule has 0 aliphatic heterocycles. The summed E-state index contributed by atoms with van der Waals surface area (Å²) >= 11 is 15.2. The fourth-order valence-corrected chi connectivity index (χ4v) is 7.03. The lowest BCUT2D eigenvalue weighted by Crippen LogP contribution is -2.03. The van der Waals surface area contributed by atoms with Crippen LogP contribution in [0.25, 0.3) is 0 Å². The molecule has 0 bridgehead atoms. The van der Waals surface area contributed by atoms with E-state index >= 15 is 0 Å². The molecule has 0 N–H and O–H groups in total. The van der Waals surface area contributed by atoms with Gasteiger partial charge in [0.25, 0.3) is 0 Å². The Kier molecular flexibility index (Phi) is 12.7. The molecule has 0 amide bonds. The molecule has 2 aromatic rings. The van der Waals surface area contributed by atoms with Crippen molar-refractivity contribution in [3.05, 3.63) is 84.8 Å². The molecule has 0 radical (unpaired) electrons. The average molecular weight is 890 g/mol. The largest absolute Gasteiger partial charge is 0.149 e. The summed E-state index contributed by atoms with van der Waals surface area (Å²) in [4.78, 5) is 2.38. The molecule has 156 valence electrons. The van der Waals surface area contributed by atoms with Gasteiger partial charge in [0.1, 0.15) is 0 Å². The molecule has 0 nitrogen and oxygen atoms in total. The van der Waals surface area contributed by atoms with Gasteiger partial charge in [-0.2, -0.15) is 0 Å². The van der Waals surface area contributed by atoms with Gasteiger partial charge >= 0.3 is 0 Å². The number of hydrogen-bond acceptors (Lipinski definition) is 3. The highest BCUT2D eigenvalue weighted by Crippen LogP contribution is 2.38. The quantitative estimate of drug-likeness (QED) is 0.218. The Balaban J connectivity index is 1.79. The Morgan fingerprint density at radius 3 is 1.45 bits per heavy atom. The molecule has 2 rings (SSSR count). The maximum atomic E-state index is 4.33. The van der Waals surface area contributed by atoms with Crippen molar-refractivity contribution in [3.8, 4) is 0 Å². The summed E-state index contributed by atoms with van der Waals surface area (Å²) in [6.45, 7) is 13.1. The molecule has 0 saturated heterocycles. The van der Waals surface area contributed by atoms with Crippen LogP contribution in [-0.4, -0.2) is 10.5 Å². The molecule has 0 aromatic heterocycles. The van der Waals surface area contributed by atoms with Gasteiger partial charge in [-0.25, -0.2) is 0 Å². The number of hydrogen-bond donors (Lipinski definition) is 0. The summed E-state index contributed by atoms with van der Waals surface area (Å²) in [5.41, 5.74) is 2.75. The van der Waals surface area contributed by atoms with Gasteiger partial charge in [-0.1, -0.05) is 37.1 Å². The third-order valence-electron chi connectivity index (χ3n) is 4.14. The van der Waals surface area contributed by atoms with E-state index in [-0.39, 0.29) is 0 Å². The van der Waals surface area contributed by atoms with Crippen LogP contribution in [0, 0.1) is 14.3 Å². The third-order valence-corrected chi connectivity index (χ3v) is 14.0. The van der Waals surface area contributed by atoms with Gasteiger partial charge < -0.3 is 0 Å². The molecule has 0 fully saturated rings. The van der Waals surface area contributed by atoms with Crippen LogP contribution in [0.3, 0.4) is 0 Å². The summed E-state index contributed by atoms with van der Waals surface area (Å²) in [6.07, 6.45) is 0. The second-order valence-electron chi connectivity index (χ2n) is 6.44. The zero-order chi connectivity index (χ0) is 21.6. The molecule has 7 heteroatoms. The van der Waals surface area contributed by atoms with Crippen LogP contribution in [0.15, 0.2) is 59.4 Å². The maximum Gasteiger partial charge on any atom is 0.0329 e. The van der Waals surface area contributed by atoms with E-state index in [2.05, 4.69) is 154 Å². The highest BCUT2D eigenvalue weighted by atomic mass is 127. The number of thioether (sulfide) groups is 3. The van der Waals surface area contributed by atoms with Crippen LogP contribution < -0.4 is 0 Å².